The Morgan fingerprint density at radius 1 is 1.17 bits per heavy atom. The van der Waals surface area contributed by atoms with Gasteiger partial charge in [-0.3, -0.25) is 0 Å². The average molecular weight is 288 g/mol. The summed E-state index contributed by atoms with van der Waals surface area (Å²) in [4.78, 5) is 0. The van der Waals surface area contributed by atoms with E-state index >= 15 is 0 Å². The van der Waals surface area contributed by atoms with Gasteiger partial charge in [0.25, 0.3) is 0 Å². The second-order valence-corrected chi connectivity index (χ2v) is 6.52. The molecule has 1 aromatic rings. The Hall–Kier alpha value is -0.145. The Morgan fingerprint density at radius 2 is 1.67 bits per heavy atom. The van der Waals surface area contributed by atoms with Gasteiger partial charge in [-0.05, 0) is 39.2 Å². The molecule has 0 bridgehead atoms. The minimum atomic E-state index is -0.521. The van der Waals surface area contributed by atoms with E-state index in [0.29, 0.717) is 5.30 Å². The molecule has 98 valence electrons. The zero-order valence-corrected chi connectivity index (χ0v) is 12.8. The molecule has 1 saturated heterocycles. The molecular formula is C12H16BClFO2P. The van der Waals surface area contributed by atoms with Crippen LogP contribution in [0.2, 0.25) is 5.02 Å². The van der Waals surface area contributed by atoms with Crippen LogP contribution in [0.4, 0.5) is 4.39 Å². The number of benzene rings is 1. The summed E-state index contributed by atoms with van der Waals surface area (Å²) >= 11 is 5.84. The summed E-state index contributed by atoms with van der Waals surface area (Å²) in [5.74, 6) is -0.429. The molecule has 0 radical (unpaired) electrons. The predicted octanol–water partition coefficient (Wildman–Crippen LogP) is 2.28. The van der Waals surface area contributed by atoms with Crippen molar-refractivity contribution in [2.45, 2.75) is 38.9 Å². The average Bonchev–Trinajstić information content (AvgIpc) is 2.44. The highest BCUT2D eigenvalue weighted by Crippen LogP contribution is 2.36. The lowest BCUT2D eigenvalue weighted by atomic mass is 9.79. The lowest BCUT2D eigenvalue weighted by molar-refractivity contribution is 0.00578. The Morgan fingerprint density at radius 3 is 2.11 bits per heavy atom. The van der Waals surface area contributed by atoms with Gasteiger partial charge in [0.2, 0.25) is 0 Å². The smallest absolute Gasteiger partial charge is 0.399 e. The first-order valence-corrected chi connectivity index (χ1v) is 6.69. The topological polar surface area (TPSA) is 18.5 Å². The van der Waals surface area contributed by atoms with Crippen LogP contribution in [0, 0.1) is 5.82 Å². The molecule has 1 heterocycles. The van der Waals surface area contributed by atoms with E-state index in [0.717, 1.165) is 5.46 Å². The van der Waals surface area contributed by atoms with Crippen molar-refractivity contribution in [1.29, 1.82) is 0 Å². The molecule has 0 saturated carbocycles. The minimum Gasteiger partial charge on any atom is -0.399 e. The lowest BCUT2D eigenvalue weighted by Crippen LogP contribution is -2.41. The number of hydrogen-bond acceptors (Lipinski definition) is 2. The van der Waals surface area contributed by atoms with Crippen LogP contribution in [0.3, 0.4) is 0 Å². The molecule has 0 aliphatic carbocycles. The van der Waals surface area contributed by atoms with E-state index in [4.69, 9.17) is 20.9 Å². The van der Waals surface area contributed by atoms with Crippen molar-refractivity contribution in [3.63, 3.8) is 0 Å². The fourth-order valence-electron chi connectivity index (χ4n) is 1.75. The van der Waals surface area contributed by atoms with Gasteiger partial charge < -0.3 is 9.31 Å². The Kier molecular flexibility index (Phi) is 3.53. The van der Waals surface area contributed by atoms with E-state index in [-0.39, 0.29) is 5.02 Å². The monoisotopic (exact) mass is 288 g/mol. The van der Waals surface area contributed by atoms with E-state index in [1.807, 2.05) is 27.7 Å². The third-order valence-electron chi connectivity index (χ3n) is 3.60. The molecule has 1 aliphatic rings. The molecule has 0 N–H and O–H groups in total. The van der Waals surface area contributed by atoms with Gasteiger partial charge in [0.1, 0.15) is 5.82 Å². The molecule has 2 nitrogen and oxygen atoms in total. The summed E-state index contributed by atoms with van der Waals surface area (Å²) in [6, 6.07) is 3.22. The third-order valence-corrected chi connectivity index (χ3v) is 4.30. The second-order valence-electron chi connectivity index (χ2n) is 5.49. The normalized spacial score (nSPS) is 21.4. The predicted molar refractivity (Wildman–Crippen MR) is 76.5 cm³/mol. The maximum absolute atomic E-state index is 13.5. The summed E-state index contributed by atoms with van der Waals surface area (Å²) in [6.45, 7) is 7.89. The van der Waals surface area contributed by atoms with Gasteiger partial charge in [-0.25, -0.2) is 4.39 Å². The van der Waals surface area contributed by atoms with Gasteiger partial charge in [0.05, 0.1) is 16.2 Å². The molecule has 1 unspecified atom stereocenters. The van der Waals surface area contributed by atoms with E-state index in [1.165, 1.54) is 0 Å². The van der Waals surface area contributed by atoms with Gasteiger partial charge in [-0.2, -0.15) is 0 Å². The van der Waals surface area contributed by atoms with Crippen molar-refractivity contribution in [2.75, 3.05) is 0 Å². The SMILES string of the molecule is CC1(C)OB(c2cc(P)c(F)c(Cl)c2)OC1(C)C. The Bertz CT molecular complexity index is 454. The van der Waals surface area contributed by atoms with Crippen molar-refractivity contribution < 1.29 is 13.7 Å². The van der Waals surface area contributed by atoms with Crippen LogP contribution in [0.5, 0.6) is 0 Å². The van der Waals surface area contributed by atoms with Crippen LogP contribution in [-0.4, -0.2) is 18.3 Å². The molecule has 1 atom stereocenters. The van der Waals surface area contributed by atoms with E-state index in [1.54, 1.807) is 12.1 Å². The first kappa shape index (κ1) is 14.3. The van der Waals surface area contributed by atoms with Crippen LogP contribution in [-0.2, 0) is 9.31 Å². The molecule has 1 aliphatic heterocycles. The minimum absolute atomic E-state index is 0.0761. The first-order chi connectivity index (χ1) is 8.14. The molecule has 6 heteroatoms. The highest BCUT2D eigenvalue weighted by molar-refractivity contribution is 7.27. The number of hydrogen-bond donors (Lipinski definition) is 0. The lowest BCUT2D eigenvalue weighted by Gasteiger charge is -2.32. The summed E-state index contributed by atoms with van der Waals surface area (Å²) in [5, 5.41) is 0.486. The van der Waals surface area contributed by atoms with E-state index in [9.17, 15) is 4.39 Å². The van der Waals surface area contributed by atoms with Crippen LogP contribution in [0.25, 0.3) is 0 Å². The molecule has 0 spiro atoms. The standard InChI is InChI=1S/C12H16BClFO2P/c1-11(2)12(3,4)17-13(16-11)7-5-8(14)10(15)9(18)6-7/h5-6H,18H2,1-4H3. The maximum atomic E-state index is 13.5. The van der Waals surface area contributed by atoms with Crippen molar-refractivity contribution in [2.24, 2.45) is 0 Å². The van der Waals surface area contributed by atoms with Crippen LogP contribution < -0.4 is 10.8 Å². The summed E-state index contributed by atoms with van der Waals surface area (Å²) < 4.78 is 25.2. The Labute approximate surface area is 115 Å². The van der Waals surface area contributed by atoms with Crippen LogP contribution in [0.15, 0.2) is 12.1 Å². The van der Waals surface area contributed by atoms with Gasteiger partial charge in [-0.15, -0.1) is 9.24 Å². The van der Waals surface area contributed by atoms with E-state index in [2.05, 4.69) is 9.24 Å². The molecule has 2 rings (SSSR count). The molecular weight excluding hydrogens is 272 g/mol. The quantitative estimate of drug-likeness (QED) is 0.583. The van der Waals surface area contributed by atoms with Gasteiger partial charge >= 0.3 is 7.12 Å². The van der Waals surface area contributed by atoms with Gasteiger partial charge in [-0.1, -0.05) is 17.7 Å². The zero-order chi connectivity index (χ0) is 13.7. The highest BCUT2D eigenvalue weighted by atomic mass is 35.5. The van der Waals surface area contributed by atoms with Crippen LogP contribution >= 0.6 is 20.8 Å². The first-order valence-electron chi connectivity index (χ1n) is 5.74. The highest BCUT2D eigenvalue weighted by Gasteiger charge is 2.51. The summed E-state index contributed by atoms with van der Waals surface area (Å²) in [5.41, 5.74) is -0.107. The zero-order valence-electron chi connectivity index (χ0n) is 10.9. The van der Waals surface area contributed by atoms with Crippen molar-refractivity contribution in [3.8, 4) is 0 Å². The third kappa shape index (κ3) is 2.32. The van der Waals surface area contributed by atoms with Crippen molar-refractivity contribution in [3.05, 3.63) is 23.0 Å². The van der Waals surface area contributed by atoms with Gasteiger partial charge in [0.15, 0.2) is 0 Å². The van der Waals surface area contributed by atoms with Crippen molar-refractivity contribution in [1.82, 2.24) is 0 Å². The molecule has 1 fully saturated rings. The Balaban J connectivity index is 2.36. The maximum Gasteiger partial charge on any atom is 0.494 e. The van der Waals surface area contributed by atoms with E-state index < -0.39 is 24.1 Å². The largest absolute Gasteiger partial charge is 0.494 e. The van der Waals surface area contributed by atoms with Gasteiger partial charge in [0, 0.05) is 5.30 Å². The van der Waals surface area contributed by atoms with Crippen molar-refractivity contribution >= 4 is 38.7 Å². The molecule has 1 aromatic carbocycles. The molecule has 18 heavy (non-hydrogen) atoms. The van der Waals surface area contributed by atoms with Crippen LogP contribution in [0.1, 0.15) is 27.7 Å². The fraction of sp³-hybridized carbons (Fsp3) is 0.500. The number of rotatable bonds is 1. The molecule has 0 aromatic heterocycles. The summed E-state index contributed by atoms with van der Waals surface area (Å²) in [7, 11) is 1.80. The molecule has 0 amide bonds. The second kappa shape index (κ2) is 4.45. The number of halogens is 2. The summed E-state index contributed by atoms with van der Waals surface area (Å²) in [6.07, 6.45) is 0. The fourth-order valence-corrected chi connectivity index (χ4v) is 2.42.